The van der Waals surface area contributed by atoms with E-state index < -0.39 is 0 Å². The molecule has 0 aromatic carbocycles. The Kier molecular flexibility index (Phi) is 4.47. The Balaban J connectivity index is 3.07. The minimum atomic E-state index is 0.0445. The van der Waals surface area contributed by atoms with Gasteiger partial charge in [0.2, 0.25) is 0 Å². The normalized spacial score (nSPS) is 14.1. The summed E-state index contributed by atoms with van der Waals surface area (Å²) < 4.78 is 5.57. The molecule has 1 aromatic rings. The number of nitrogens with two attached hydrogens (primary N) is 1. The van der Waals surface area contributed by atoms with Crippen LogP contribution in [0.2, 0.25) is 0 Å². The van der Waals surface area contributed by atoms with E-state index in [9.17, 15) is 0 Å². The molecular formula is C12H22N2OS. The van der Waals surface area contributed by atoms with Gasteiger partial charge >= 0.3 is 0 Å². The molecule has 0 saturated heterocycles. The predicted octanol–water partition coefficient (Wildman–Crippen LogP) is 2.90. The highest BCUT2D eigenvalue weighted by molar-refractivity contribution is 7.11. The average Bonchev–Trinajstić information content (AvgIpc) is 2.59. The Morgan fingerprint density at radius 3 is 2.38 bits per heavy atom. The molecule has 92 valence electrons. The largest absolute Gasteiger partial charge is 0.374 e. The maximum atomic E-state index is 5.72. The van der Waals surface area contributed by atoms with Crippen molar-refractivity contribution in [3.8, 4) is 0 Å². The minimum absolute atomic E-state index is 0.0445. The fourth-order valence-electron chi connectivity index (χ4n) is 1.78. The summed E-state index contributed by atoms with van der Waals surface area (Å²) in [7, 11) is 1.74. The number of thiazole rings is 1. The molecule has 0 bridgehead atoms. The molecule has 0 aliphatic rings. The van der Waals surface area contributed by atoms with Crippen LogP contribution in [0.3, 0.4) is 0 Å². The van der Waals surface area contributed by atoms with E-state index in [1.807, 2.05) is 0 Å². The van der Waals surface area contributed by atoms with Gasteiger partial charge < -0.3 is 10.5 Å². The first-order valence-corrected chi connectivity index (χ1v) is 6.47. The molecule has 1 rings (SSSR count). The van der Waals surface area contributed by atoms with Crippen LogP contribution in [0.25, 0.3) is 0 Å². The summed E-state index contributed by atoms with van der Waals surface area (Å²) in [6, 6.07) is 0. The van der Waals surface area contributed by atoms with Gasteiger partial charge in [-0.1, -0.05) is 27.7 Å². The smallest absolute Gasteiger partial charge is 0.123 e. The molecule has 1 unspecified atom stereocenters. The van der Waals surface area contributed by atoms with E-state index in [-0.39, 0.29) is 11.5 Å². The molecule has 0 fully saturated rings. The van der Waals surface area contributed by atoms with Crippen molar-refractivity contribution in [2.45, 2.75) is 46.8 Å². The van der Waals surface area contributed by atoms with Gasteiger partial charge in [-0.15, -0.1) is 11.3 Å². The van der Waals surface area contributed by atoms with E-state index in [2.05, 4.69) is 32.7 Å². The minimum Gasteiger partial charge on any atom is -0.374 e. The fourth-order valence-corrected chi connectivity index (χ4v) is 3.13. The molecule has 0 radical (unpaired) electrons. The lowest BCUT2D eigenvalue weighted by molar-refractivity contribution is 0.0150. The van der Waals surface area contributed by atoms with Gasteiger partial charge in [0.1, 0.15) is 11.1 Å². The predicted molar refractivity (Wildman–Crippen MR) is 68.6 cm³/mol. The lowest BCUT2D eigenvalue weighted by Crippen LogP contribution is -2.19. The van der Waals surface area contributed by atoms with Crippen LogP contribution in [0, 0.1) is 5.41 Å². The van der Waals surface area contributed by atoms with Crippen LogP contribution < -0.4 is 5.73 Å². The molecule has 4 heteroatoms. The van der Waals surface area contributed by atoms with E-state index >= 15 is 0 Å². The number of hydrogen-bond acceptors (Lipinski definition) is 4. The maximum absolute atomic E-state index is 5.72. The second-order valence-electron chi connectivity index (χ2n) is 4.96. The molecule has 2 N–H and O–H groups in total. The second kappa shape index (κ2) is 5.25. The first kappa shape index (κ1) is 13.6. The Hall–Kier alpha value is -0.450. The Morgan fingerprint density at radius 2 is 2.06 bits per heavy atom. The van der Waals surface area contributed by atoms with E-state index in [4.69, 9.17) is 10.5 Å². The molecule has 0 aliphatic carbocycles. The second-order valence-corrected chi connectivity index (χ2v) is 6.08. The molecule has 1 aromatic heterocycles. The van der Waals surface area contributed by atoms with Crippen LogP contribution in [0.5, 0.6) is 0 Å². The quantitative estimate of drug-likeness (QED) is 0.883. The van der Waals surface area contributed by atoms with E-state index in [0.717, 1.165) is 17.1 Å². The summed E-state index contributed by atoms with van der Waals surface area (Å²) in [5.41, 5.74) is 6.90. The summed E-state index contributed by atoms with van der Waals surface area (Å²) in [5.74, 6) is 0. The molecule has 0 aliphatic heterocycles. The number of aromatic nitrogens is 1. The van der Waals surface area contributed by atoms with Crippen molar-refractivity contribution in [3.05, 3.63) is 15.6 Å². The first-order chi connectivity index (χ1) is 7.43. The molecular weight excluding hydrogens is 220 g/mol. The van der Waals surface area contributed by atoms with Crippen LogP contribution in [-0.2, 0) is 17.7 Å². The molecule has 16 heavy (non-hydrogen) atoms. The Morgan fingerprint density at radius 1 is 1.44 bits per heavy atom. The summed E-state index contributed by atoms with van der Waals surface area (Å²) >= 11 is 1.68. The molecule has 3 nitrogen and oxygen atoms in total. The van der Waals surface area contributed by atoms with Crippen LogP contribution in [0.15, 0.2) is 0 Å². The standard InChI is InChI=1S/C12H22N2OS/c1-6-8-9(7-13)16-11(14-8)10(15-5)12(2,3)4/h10H,6-7,13H2,1-5H3. The zero-order chi connectivity index (χ0) is 12.3. The van der Waals surface area contributed by atoms with Crippen LogP contribution in [0.4, 0.5) is 0 Å². The highest BCUT2D eigenvalue weighted by atomic mass is 32.1. The van der Waals surface area contributed by atoms with Crippen molar-refractivity contribution in [2.24, 2.45) is 11.1 Å². The van der Waals surface area contributed by atoms with Gasteiger partial charge in [-0.05, 0) is 11.8 Å². The summed E-state index contributed by atoms with van der Waals surface area (Å²) in [6.07, 6.45) is 0.979. The third kappa shape index (κ3) is 2.81. The van der Waals surface area contributed by atoms with Crippen molar-refractivity contribution in [1.29, 1.82) is 0 Å². The number of ether oxygens (including phenoxy) is 1. The number of rotatable bonds is 4. The van der Waals surface area contributed by atoms with Gasteiger partial charge in [0.25, 0.3) is 0 Å². The zero-order valence-electron chi connectivity index (χ0n) is 10.8. The van der Waals surface area contributed by atoms with Crippen LogP contribution >= 0.6 is 11.3 Å². The number of nitrogens with zero attached hydrogens (tertiary/aromatic N) is 1. The van der Waals surface area contributed by atoms with E-state index in [1.54, 1.807) is 18.4 Å². The zero-order valence-corrected chi connectivity index (χ0v) is 11.6. The summed E-state index contributed by atoms with van der Waals surface area (Å²) in [4.78, 5) is 5.83. The van der Waals surface area contributed by atoms with Gasteiger partial charge in [0.15, 0.2) is 0 Å². The van der Waals surface area contributed by atoms with Gasteiger partial charge in [-0.2, -0.15) is 0 Å². The van der Waals surface area contributed by atoms with Crippen molar-refractivity contribution in [1.82, 2.24) is 4.98 Å². The third-order valence-corrected chi connectivity index (χ3v) is 3.72. The van der Waals surface area contributed by atoms with Gasteiger partial charge in [0.05, 0.1) is 5.69 Å². The Labute approximate surface area is 102 Å². The van der Waals surface area contributed by atoms with Crippen molar-refractivity contribution >= 4 is 11.3 Å². The molecule has 0 saturated carbocycles. The number of aryl methyl sites for hydroxylation is 1. The summed E-state index contributed by atoms with van der Waals surface area (Å²) in [6.45, 7) is 9.17. The third-order valence-electron chi connectivity index (χ3n) is 2.56. The van der Waals surface area contributed by atoms with Crippen molar-refractivity contribution < 1.29 is 4.74 Å². The fraction of sp³-hybridized carbons (Fsp3) is 0.750. The summed E-state index contributed by atoms with van der Waals surface area (Å²) in [5, 5.41) is 1.05. The van der Waals surface area contributed by atoms with Gasteiger partial charge in [0, 0.05) is 18.5 Å². The topological polar surface area (TPSA) is 48.1 Å². The van der Waals surface area contributed by atoms with Gasteiger partial charge in [-0.25, -0.2) is 4.98 Å². The molecule has 0 amide bonds. The molecule has 1 atom stereocenters. The van der Waals surface area contributed by atoms with E-state index in [0.29, 0.717) is 6.54 Å². The first-order valence-electron chi connectivity index (χ1n) is 5.65. The lowest BCUT2D eigenvalue weighted by Gasteiger charge is -2.27. The highest BCUT2D eigenvalue weighted by Gasteiger charge is 2.29. The average molecular weight is 242 g/mol. The number of hydrogen-bond donors (Lipinski definition) is 1. The van der Waals surface area contributed by atoms with Gasteiger partial charge in [-0.3, -0.25) is 0 Å². The van der Waals surface area contributed by atoms with Crippen molar-refractivity contribution in [2.75, 3.05) is 7.11 Å². The Bertz CT molecular complexity index is 320. The SMILES string of the molecule is CCc1nc(C(OC)C(C)(C)C)sc1CN. The maximum Gasteiger partial charge on any atom is 0.123 e. The molecule has 0 spiro atoms. The molecule has 1 heterocycles. The number of methoxy groups -OCH3 is 1. The van der Waals surface area contributed by atoms with E-state index in [1.165, 1.54) is 4.88 Å². The van der Waals surface area contributed by atoms with Crippen LogP contribution in [0.1, 0.15) is 49.4 Å². The highest BCUT2D eigenvalue weighted by Crippen LogP contribution is 2.38. The monoisotopic (exact) mass is 242 g/mol. The lowest BCUT2D eigenvalue weighted by atomic mass is 9.89. The van der Waals surface area contributed by atoms with Crippen LogP contribution in [-0.4, -0.2) is 12.1 Å². The van der Waals surface area contributed by atoms with Crippen molar-refractivity contribution in [3.63, 3.8) is 0 Å².